The molecule has 0 aromatic heterocycles. The standard InChI is InChI=1S/C3H9O6P.C2H6O4S.C2H6O3S/c4-1-3(5)2-9-10(6,7)8;3-1-2-7(4,5)6;1-2-6(3,4)5/h3-5H,1-2H2,(H2,6,7,8);3H,1-2H2,(H,4,5,6);2H2,1H3,(H,3,4,5). The van der Waals surface area contributed by atoms with Crippen LogP contribution in [0.3, 0.4) is 0 Å². The Morgan fingerprint density at radius 2 is 1.43 bits per heavy atom. The second-order valence-corrected chi connectivity index (χ2v) is 8.06. The predicted octanol–water partition coefficient (Wildman–Crippen LogP) is -2.79. The second kappa shape index (κ2) is 13.1. The van der Waals surface area contributed by atoms with Crippen molar-refractivity contribution in [2.75, 3.05) is 31.3 Å². The van der Waals surface area contributed by atoms with Gasteiger partial charge in [0.15, 0.2) is 0 Å². The Morgan fingerprint density at radius 1 is 1.04 bits per heavy atom. The molecule has 144 valence electrons. The van der Waals surface area contributed by atoms with Gasteiger partial charge in [-0.2, -0.15) is 16.8 Å². The van der Waals surface area contributed by atoms with Crippen LogP contribution in [0.15, 0.2) is 0 Å². The Hall–Kier alpha value is -0.190. The van der Waals surface area contributed by atoms with Crippen LogP contribution in [0.25, 0.3) is 0 Å². The van der Waals surface area contributed by atoms with Crippen LogP contribution >= 0.6 is 7.82 Å². The van der Waals surface area contributed by atoms with Gasteiger partial charge >= 0.3 is 7.82 Å². The number of phosphoric ester groups is 1. The van der Waals surface area contributed by atoms with Gasteiger partial charge in [-0.1, -0.05) is 0 Å². The largest absolute Gasteiger partial charge is 0.469 e. The molecule has 1 atom stereocenters. The molecule has 0 bridgehead atoms. The van der Waals surface area contributed by atoms with Crippen LogP contribution in [-0.4, -0.2) is 88.5 Å². The number of aliphatic hydroxyl groups excluding tert-OH is 3. The summed E-state index contributed by atoms with van der Waals surface area (Å²) in [6.45, 7) is -0.311. The van der Waals surface area contributed by atoms with Crippen molar-refractivity contribution in [2.45, 2.75) is 13.0 Å². The highest BCUT2D eigenvalue weighted by Crippen LogP contribution is 2.35. The quantitative estimate of drug-likeness (QED) is 0.167. The first kappa shape index (κ1) is 27.6. The molecule has 0 fully saturated rings. The lowest BCUT2D eigenvalue weighted by molar-refractivity contribution is 0.0419. The summed E-state index contributed by atoms with van der Waals surface area (Å²) in [5, 5.41) is 24.5. The highest BCUT2D eigenvalue weighted by molar-refractivity contribution is 7.86. The minimum Gasteiger partial charge on any atom is -0.395 e. The van der Waals surface area contributed by atoms with E-state index in [1.807, 2.05) is 0 Å². The molecule has 1 unspecified atom stereocenters. The van der Waals surface area contributed by atoms with Crippen molar-refractivity contribution in [1.82, 2.24) is 0 Å². The second-order valence-electron chi connectivity index (χ2n) is 3.50. The van der Waals surface area contributed by atoms with E-state index < -0.39 is 59.7 Å². The van der Waals surface area contributed by atoms with Crippen molar-refractivity contribution in [1.29, 1.82) is 0 Å². The highest BCUT2D eigenvalue weighted by Gasteiger charge is 2.15. The molecule has 0 amide bonds. The highest BCUT2D eigenvalue weighted by atomic mass is 32.2. The van der Waals surface area contributed by atoms with Crippen molar-refractivity contribution in [3.63, 3.8) is 0 Å². The molecular formula is C7H21O13PS2. The Balaban J connectivity index is -0.000000272. The van der Waals surface area contributed by atoms with Crippen LogP contribution in [0.4, 0.5) is 0 Å². The number of aliphatic hydroxyl groups is 3. The van der Waals surface area contributed by atoms with Crippen molar-refractivity contribution in [2.24, 2.45) is 0 Å². The Bertz CT molecular complexity index is 521. The van der Waals surface area contributed by atoms with E-state index in [0.717, 1.165) is 0 Å². The van der Waals surface area contributed by atoms with E-state index >= 15 is 0 Å². The van der Waals surface area contributed by atoms with Gasteiger partial charge in [0.25, 0.3) is 20.2 Å². The topological polar surface area (TPSA) is 236 Å². The summed E-state index contributed by atoms with van der Waals surface area (Å²) < 4.78 is 67.8. The first-order chi connectivity index (χ1) is 10.1. The van der Waals surface area contributed by atoms with Crippen molar-refractivity contribution < 1.29 is 60.1 Å². The first-order valence-electron chi connectivity index (χ1n) is 5.58. The summed E-state index contributed by atoms with van der Waals surface area (Å²) in [7, 11) is -12.1. The van der Waals surface area contributed by atoms with Crippen molar-refractivity contribution >= 4 is 28.1 Å². The molecule has 0 heterocycles. The van der Waals surface area contributed by atoms with Crippen LogP contribution in [-0.2, 0) is 29.3 Å². The zero-order valence-electron chi connectivity index (χ0n) is 12.0. The molecule has 23 heavy (non-hydrogen) atoms. The molecule has 7 N–H and O–H groups in total. The molecule has 0 aliphatic heterocycles. The summed E-state index contributed by atoms with van der Waals surface area (Å²) >= 11 is 0. The summed E-state index contributed by atoms with van der Waals surface area (Å²) in [5.41, 5.74) is 0. The van der Waals surface area contributed by atoms with E-state index in [9.17, 15) is 21.4 Å². The number of hydrogen-bond acceptors (Lipinski definition) is 9. The third-order valence-electron chi connectivity index (χ3n) is 1.36. The molecule has 0 rings (SSSR count). The molecule has 16 heteroatoms. The van der Waals surface area contributed by atoms with Crippen molar-refractivity contribution in [3.05, 3.63) is 0 Å². The van der Waals surface area contributed by atoms with Crippen LogP contribution in [0.1, 0.15) is 6.92 Å². The van der Waals surface area contributed by atoms with Gasteiger partial charge in [-0.05, 0) is 6.92 Å². The van der Waals surface area contributed by atoms with Gasteiger partial charge in [0.1, 0.15) is 6.10 Å². The summed E-state index contributed by atoms with van der Waals surface area (Å²) in [4.78, 5) is 16.1. The zero-order valence-corrected chi connectivity index (χ0v) is 14.5. The maximum absolute atomic E-state index is 9.93. The SMILES string of the molecule is CCS(=O)(=O)O.O=P(O)(O)OCC(O)CO.O=S(=O)(O)CCO. The van der Waals surface area contributed by atoms with Crippen LogP contribution < -0.4 is 0 Å². The van der Waals surface area contributed by atoms with E-state index in [-0.39, 0.29) is 5.75 Å². The summed E-state index contributed by atoms with van der Waals surface area (Å²) in [6.07, 6.45) is -1.24. The Kier molecular flexibility index (Phi) is 15.8. The van der Waals surface area contributed by atoms with E-state index in [0.29, 0.717) is 0 Å². The van der Waals surface area contributed by atoms with Gasteiger partial charge < -0.3 is 25.1 Å². The number of phosphoric acid groups is 1. The van der Waals surface area contributed by atoms with E-state index in [2.05, 4.69) is 4.52 Å². The van der Waals surface area contributed by atoms with Crippen molar-refractivity contribution in [3.8, 4) is 0 Å². The van der Waals surface area contributed by atoms with Gasteiger partial charge in [0, 0.05) is 0 Å². The average molecular weight is 408 g/mol. The first-order valence-corrected chi connectivity index (χ1v) is 10.3. The molecule has 0 radical (unpaired) electrons. The molecule has 0 saturated heterocycles. The van der Waals surface area contributed by atoms with Crippen LogP contribution in [0, 0.1) is 0 Å². The molecule has 13 nitrogen and oxygen atoms in total. The summed E-state index contributed by atoms with van der Waals surface area (Å²) in [5.74, 6) is -0.778. The monoisotopic (exact) mass is 408 g/mol. The fourth-order valence-corrected chi connectivity index (χ4v) is 0.948. The lowest BCUT2D eigenvalue weighted by Gasteiger charge is -2.07. The zero-order chi connectivity index (χ0) is 19.3. The fourth-order valence-electron chi connectivity index (χ4n) is 0.351. The van der Waals surface area contributed by atoms with Crippen LogP contribution in [0.5, 0.6) is 0 Å². The van der Waals surface area contributed by atoms with E-state index in [1.165, 1.54) is 6.92 Å². The van der Waals surface area contributed by atoms with Gasteiger partial charge in [-0.15, -0.1) is 0 Å². The summed E-state index contributed by atoms with van der Waals surface area (Å²) in [6, 6.07) is 0. The third kappa shape index (κ3) is 39.0. The molecule has 0 saturated carbocycles. The third-order valence-corrected chi connectivity index (χ3v) is 3.27. The maximum Gasteiger partial charge on any atom is 0.469 e. The molecule has 0 aliphatic rings. The average Bonchev–Trinajstić information content (AvgIpc) is 2.34. The minimum atomic E-state index is -4.50. The minimum absolute atomic E-state index is 0.201. The normalized spacial score (nSPS) is 13.2. The molecule has 0 aromatic carbocycles. The van der Waals surface area contributed by atoms with E-state index in [1.54, 1.807) is 0 Å². The number of rotatable bonds is 7. The Morgan fingerprint density at radius 3 is 1.57 bits per heavy atom. The van der Waals surface area contributed by atoms with Gasteiger partial charge in [0.2, 0.25) is 0 Å². The van der Waals surface area contributed by atoms with Gasteiger partial charge in [0.05, 0.1) is 31.3 Å². The fraction of sp³-hybridized carbons (Fsp3) is 1.00. The van der Waals surface area contributed by atoms with Gasteiger partial charge in [-0.25, -0.2) is 4.57 Å². The number of hydrogen-bond donors (Lipinski definition) is 7. The van der Waals surface area contributed by atoms with Gasteiger partial charge in [-0.3, -0.25) is 13.6 Å². The molecule has 0 aliphatic carbocycles. The molecule has 0 aromatic rings. The Labute approximate surface area is 133 Å². The molecule has 0 spiro atoms. The predicted molar refractivity (Wildman–Crippen MR) is 76.7 cm³/mol. The smallest absolute Gasteiger partial charge is 0.395 e. The lowest BCUT2D eigenvalue weighted by Crippen LogP contribution is -2.18. The van der Waals surface area contributed by atoms with Crippen LogP contribution in [0.2, 0.25) is 0 Å². The molecular weight excluding hydrogens is 387 g/mol. The lowest BCUT2D eigenvalue weighted by atomic mass is 10.4. The van der Waals surface area contributed by atoms with E-state index in [4.69, 9.17) is 34.2 Å². The maximum atomic E-state index is 9.93.